The van der Waals surface area contributed by atoms with Crippen LogP contribution in [0.1, 0.15) is 16.7 Å². The lowest BCUT2D eigenvalue weighted by Gasteiger charge is -2.04. The van der Waals surface area contributed by atoms with Crippen LogP contribution >= 0.6 is 0 Å². The van der Waals surface area contributed by atoms with Gasteiger partial charge in [-0.25, -0.2) is 0 Å². The number of aromatic hydroxyl groups is 1. The Labute approximate surface area is 72.1 Å². The van der Waals surface area contributed by atoms with E-state index in [1.807, 2.05) is 26.0 Å². The van der Waals surface area contributed by atoms with Crippen molar-refractivity contribution in [3.63, 3.8) is 0 Å². The summed E-state index contributed by atoms with van der Waals surface area (Å²) in [6.07, 6.45) is 0.356. The van der Waals surface area contributed by atoms with Crippen molar-refractivity contribution >= 4 is 0 Å². The SMILES string of the molecule is Cc1cc(CC#N)cc(O)c1C. The first kappa shape index (κ1) is 8.61. The van der Waals surface area contributed by atoms with Gasteiger partial charge in [-0.3, -0.25) is 0 Å². The van der Waals surface area contributed by atoms with Gasteiger partial charge in [0.05, 0.1) is 12.5 Å². The molecule has 0 fully saturated rings. The normalized spacial score (nSPS) is 9.42. The maximum absolute atomic E-state index is 9.40. The topological polar surface area (TPSA) is 44.0 Å². The summed E-state index contributed by atoms with van der Waals surface area (Å²) in [5, 5.41) is 17.8. The molecule has 1 N–H and O–H groups in total. The standard InChI is InChI=1S/C10H11NO/c1-7-5-9(3-4-11)6-10(12)8(7)2/h5-6,12H,3H2,1-2H3. The fourth-order valence-electron chi connectivity index (χ4n) is 1.11. The fraction of sp³-hybridized carbons (Fsp3) is 0.300. The summed E-state index contributed by atoms with van der Waals surface area (Å²) in [6, 6.07) is 5.62. The zero-order valence-corrected chi connectivity index (χ0v) is 7.26. The van der Waals surface area contributed by atoms with Crippen LogP contribution in [0.3, 0.4) is 0 Å². The monoisotopic (exact) mass is 161 g/mol. The summed E-state index contributed by atoms with van der Waals surface area (Å²) in [6.45, 7) is 3.79. The van der Waals surface area contributed by atoms with Crippen LogP contribution in [0.4, 0.5) is 0 Å². The van der Waals surface area contributed by atoms with E-state index in [2.05, 4.69) is 0 Å². The molecule has 0 aliphatic heterocycles. The van der Waals surface area contributed by atoms with Crippen LogP contribution in [0.15, 0.2) is 12.1 Å². The molecule has 1 aromatic carbocycles. The summed E-state index contributed by atoms with van der Waals surface area (Å²) in [5.74, 6) is 0.278. The Morgan fingerprint density at radius 2 is 2.08 bits per heavy atom. The number of aryl methyl sites for hydroxylation is 1. The van der Waals surface area contributed by atoms with Crippen LogP contribution in [-0.4, -0.2) is 5.11 Å². The Morgan fingerprint density at radius 1 is 1.42 bits per heavy atom. The van der Waals surface area contributed by atoms with Gasteiger partial charge in [0.2, 0.25) is 0 Å². The molecule has 1 aromatic rings. The van der Waals surface area contributed by atoms with Crippen LogP contribution < -0.4 is 0 Å². The van der Waals surface area contributed by atoms with Crippen molar-refractivity contribution in [2.75, 3.05) is 0 Å². The van der Waals surface area contributed by atoms with Gasteiger partial charge in [0.15, 0.2) is 0 Å². The predicted octanol–water partition coefficient (Wildman–Crippen LogP) is 2.08. The van der Waals surface area contributed by atoms with Gasteiger partial charge in [0, 0.05) is 0 Å². The second kappa shape index (κ2) is 3.27. The number of nitriles is 1. The van der Waals surface area contributed by atoms with Crippen molar-refractivity contribution in [2.45, 2.75) is 20.3 Å². The minimum absolute atomic E-state index is 0.278. The Kier molecular flexibility index (Phi) is 2.35. The van der Waals surface area contributed by atoms with Gasteiger partial charge in [-0.1, -0.05) is 6.07 Å². The van der Waals surface area contributed by atoms with Gasteiger partial charge < -0.3 is 5.11 Å². The first-order chi connectivity index (χ1) is 5.65. The van der Waals surface area contributed by atoms with E-state index in [4.69, 9.17) is 5.26 Å². The molecule has 0 saturated carbocycles. The number of hydrogen-bond acceptors (Lipinski definition) is 2. The molecule has 62 valence electrons. The first-order valence-electron chi connectivity index (χ1n) is 3.81. The maximum Gasteiger partial charge on any atom is 0.119 e. The molecule has 2 heteroatoms. The van der Waals surface area contributed by atoms with Crippen molar-refractivity contribution in [1.82, 2.24) is 0 Å². The average molecular weight is 161 g/mol. The second-order valence-corrected chi connectivity index (χ2v) is 2.89. The van der Waals surface area contributed by atoms with Gasteiger partial charge in [-0.15, -0.1) is 0 Å². The smallest absolute Gasteiger partial charge is 0.119 e. The molecule has 0 atom stereocenters. The molecule has 0 unspecified atom stereocenters. The largest absolute Gasteiger partial charge is 0.508 e. The van der Waals surface area contributed by atoms with E-state index in [0.717, 1.165) is 16.7 Å². The van der Waals surface area contributed by atoms with Gasteiger partial charge >= 0.3 is 0 Å². The number of benzene rings is 1. The van der Waals surface area contributed by atoms with Crippen molar-refractivity contribution in [1.29, 1.82) is 5.26 Å². The van der Waals surface area contributed by atoms with Crippen molar-refractivity contribution in [3.8, 4) is 11.8 Å². The van der Waals surface area contributed by atoms with Crippen LogP contribution in [-0.2, 0) is 6.42 Å². The average Bonchev–Trinajstić information content (AvgIpc) is 2.01. The summed E-state index contributed by atoms with van der Waals surface area (Å²) in [5.41, 5.74) is 2.79. The van der Waals surface area contributed by atoms with E-state index in [0.29, 0.717) is 6.42 Å². The third kappa shape index (κ3) is 1.57. The van der Waals surface area contributed by atoms with Gasteiger partial charge in [0.1, 0.15) is 5.75 Å². The molecule has 1 rings (SSSR count). The number of phenolic OH excluding ortho intramolecular Hbond substituents is 1. The van der Waals surface area contributed by atoms with E-state index in [1.54, 1.807) is 6.07 Å². The molecule has 12 heavy (non-hydrogen) atoms. The van der Waals surface area contributed by atoms with Crippen molar-refractivity contribution < 1.29 is 5.11 Å². The lowest BCUT2D eigenvalue weighted by atomic mass is 10.0. The summed E-state index contributed by atoms with van der Waals surface area (Å²) in [7, 11) is 0. The van der Waals surface area contributed by atoms with Crippen LogP contribution in [0, 0.1) is 25.2 Å². The Morgan fingerprint density at radius 3 is 2.58 bits per heavy atom. The second-order valence-electron chi connectivity index (χ2n) is 2.89. The molecule has 0 aliphatic carbocycles. The summed E-state index contributed by atoms with van der Waals surface area (Å²) in [4.78, 5) is 0. The highest BCUT2D eigenvalue weighted by Gasteiger charge is 2.01. The van der Waals surface area contributed by atoms with Gasteiger partial charge in [0.25, 0.3) is 0 Å². The number of hydrogen-bond donors (Lipinski definition) is 1. The highest BCUT2D eigenvalue weighted by Crippen LogP contribution is 2.21. The molecular weight excluding hydrogens is 150 g/mol. The lowest BCUT2D eigenvalue weighted by Crippen LogP contribution is -1.87. The molecule has 0 saturated heterocycles. The number of phenols is 1. The van der Waals surface area contributed by atoms with Gasteiger partial charge in [-0.05, 0) is 36.6 Å². The zero-order valence-electron chi connectivity index (χ0n) is 7.26. The predicted molar refractivity (Wildman–Crippen MR) is 46.9 cm³/mol. The van der Waals surface area contributed by atoms with Crippen LogP contribution in [0.2, 0.25) is 0 Å². The highest BCUT2D eigenvalue weighted by molar-refractivity contribution is 5.42. The lowest BCUT2D eigenvalue weighted by molar-refractivity contribution is 0.470. The summed E-state index contributed by atoms with van der Waals surface area (Å²) < 4.78 is 0. The molecule has 0 spiro atoms. The van der Waals surface area contributed by atoms with Crippen molar-refractivity contribution in [2.24, 2.45) is 0 Å². The van der Waals surface area contributed by atoms with E-state index in [-0.39, 0.29) is 5.75 Å². The zero-order chi connectivity index (χ0) is 9.14. The molecule has 0 radical (unpaired) electrons. The Hall–Kier alpha value is -1.49. The summed E-state index contributed by atoms with van der Waals surface area (Å²) >= 11 is 0. The van der Waals surface area contributed by atoms with Gasteiger partial charge in [-0.2, -0.15) is 5.26 Å². The maximum atomic E-state index is 9.40. The highest BCUT2D eigenvalue weighted by atomic mass is 16.3. The van der Waals surface area contributed by atoms with E-state index in [1.165, 1.54) is 0 Å². The quantitative estimate of drug-likeness (QED) is 0.685. The number of nitrogens with zero attached hydrogens (tertiary/aromatic N) is 1. The molecule has 0 amide bonds. The fourth-order valence-corrected chi connectivity index (χ4v) is 1.11. The van der Waals surface area contributed by atoms with Crippen LogP contribution in [0.25, 0.3) is 0 Å². The van der Waals surface area contributed by atoms with E-state index < -0.39 is 0 Å². The molecule has 0 heterocycles. The van der Waals surface area contributed by atoms with E-state index >= 15 is 0 Å². The first-order valence-corrected chi connectivity index (χ1v) is 3.81. The van der Waals surface area contributed by atoms with E-state index in [9.17, 15) is 5.11 Å². The Bertz CT molecular complexity index is 313. The molecule has 2 nitrogen and oxygen atoms in total. The molecular formula is C10H11NO. The molecule has 0 bridgehead atoms. The Balaban J connectivity index is 3.14. The third-order valence-corrected chi connectivity index (χ3v) is 1.98. The van der Waals surface area contributed by atoms with Crippen LogP contribution in [0.5, 0.6) is 5.75 Å². The number of rotatable bonds is 1. The third-order valence-electron chi connectivity index (χ3n) is 1.98. The van der Waals surface area contributed by atoms with Crippen molar-refractivity contribution in [3.05, 3.63) is 28.8 Å². The minimum Gasteiger partial charge on any atom is -0.508 e. The molecule has 0 aromatic heterocycles. The minimum atomic E-state index is 0.278. The molecule has 0 aliphatic rings.